The molecule has 0 N–H and O–H groups in total. The second-order valence-electron chi connectivity index (χ2n) is 7.65. The molecule has 1 saturated heterocycles. The highest BCUT2D eigenvalue weighted by molar-refractivity contribution is 6.30. The molecule has 1 fully saturated rings. The van der Waals surface area contributed by atoms with Crippen LogP contribution in [-0.4, -0.2) is 69.4 Å². The van der Waals surface area contributed by atoms with Crippen molar-refractivity contribution in [2.45, 2.75) is 12.8 Å². The van der Waals surface area contributed by atoms with E-state index in [-0.39, 0.29) is 18.2 Å². The standard InChI is InChI=1S/C24H24ClN5O3/c25-19-3-1-2-18(14-19)6-13-33-21-4-5-22(28-17-21)24(32)30-11-9-29(10-12-30)23(31)15-20-16-26-7-8-27-20/h1-5,7-8,14,16-17H,6,9-13,15H2. The van der Waals surface area contributed by atoms with Crippen LogP contribution in [0.3, 0.4) is 0 Å². The molecule has 0 bridgehead atoms. The van der Waals surface area contributed by atoms with Gasteiger partial charge in [0, 0.05) is 56.2 Å². The number of benzene rings is 1. The van der Waals surface area contributed by atoms with E-state index in [1.54, 1.807) is 46.7 Å². The molecule has 170 valence electrons. The normalized spacial score (nSPS) is 13.6. The summed E-state index contributed by atoms with van der Waals surface area (Å²) in [4.78, 5) is 41.1. The van der Waals surface area contributed by atoms with Gasteiger partial charge in [0.1, 0.15) is 11.4 Å². The predicted octanol–water partition coefficient (Wildman–Crippen LogP) is 2.67. The van der Waals surface area contributed by atoms with E-state index in [1.807, 2.05) is 24.3 Å². The van der Waals surface area contributed by atoms with Crippen molar-refractivity contribution < 1.29 is 14.3 Å². The zero-order valence-corrected chi connectivity index (χ0v) is 18.8. The summed E-state index contributed by atoms with van der Waals surface area (Å²) in [5.41, 5.74) is 2.09. The molecule has 1 aliphatic rings. The minimum absolute atomic E-state index is 0.0139. The van der Waals surface area contributed by atoms with Crippen LogP contribution in [0.4, 0.5) is 0 Å². The predicted molar refractivity (Wildman–Crippen MR) is 123 cm³/mol. The van der Waals surface area contributed by atoms with Gasteiger partial charge in [-0.2, -0.15) is 0 Å². The van der Waals surface area contributed by atoms with Crippen molar-refractivity contribution in [3.8, 4) is 5.75 Å². The van der Waals surface area contributed by atoms with Gasteiger partial charge in [-0.3, -0.25) is 19.6 Å². The SMILES string of the molecule is O=C(Cc1cnccn1)N1CCN(C(=O)c2ccc(OCCc3cccc(Cl)c3)cn2)CC1. The zero-order valence-electron chi connectivity index (χ0n) is 18.1. The van der Waals surface area contributed by atoms with Gasteiger partial charge in [-0.1, -0.05) is 23.7 Å². The average molecular weight is 466 g/mol. The number of pyridine rings is 1. The zero-order chi connectivity index (χ0) is 23.0. The molecule has 0 radical (unpaired) electrons. The molecule has 3 heterocycles. The molecule has 0 aliphatic carbocycles. The molecule has 4 rings (SSSR count). The van der Waals surface area contributed by atoms with Gasteiger partial charge in [0.05, 0.1) is 24.9 Å². The number of rotatable bonds is 7. The van der Waals surface area contributed by atoms with Crippen LogP contribution in [0, 0.1) is 0 Å². The molecule has 0 unspecified atom stereocenters. The van der Waals surface area contributed by atoms with Crippen LogP contribution >= 0.6 is 11.6 Å². The number of carbonyl (C=O) groups excluding carboxylic acids is 2. The first-order chi connectivity index (χ1) is 16.1. The lowest BCUT2D eigenvalue weighted by Gasteiger charge is -2.34. The summed E-state index contributed by atoms with van der Waals surface area (Å²) in [6.07, 6.45) is 7.23. The quantitative estimate of drug-likeness (QED) is 0.533. The summed E-state index contributed by atoms with van der Waals surface area (Å²) in [6.45, 7) is 2.38. The van der Waals surface area contributed by atoms with Crippen LogP contribution < -0.4 is 4.74 Å². The Morgan fingerprint density at radius 3 is 2.48 bits per heavy atom. The number of hydrogen-bond acceptors (Lipinski definition) is 6. The second kappa shape index (κ2) is 10.9. The Morgan fingerprint density at radius 2 is 1.79 bits per heavy atom. The molecule has 2 amide bonds. The summed E-state index contributed by atoms with van der Waals surface area (Å²) < 4.78 is 5.74. The summed E-state index contributed by atoms with van der Waals surface area (Å²) in [5, 5.41) is 0.702. The van der Waals surface area contributed by atoms with Crippen LogP contribution in [0.5, 0.6) is 5.75 Å². The minimum atomic E-state index is -0.151. The third kappa shape index (κ3) is 6.26. The fourth-order valence-electron chi connectivity index (χ4n) is 3.58. The van der Waals surface area contributed by atoms with Crippen LogP contribution in [0.15, 0.2) is 61.2 Å². The lowest BCUT2D eigenvalue weighted by molar-refractivity contribution is -0.132. The maximum atomic E-state index is 12.8. The summed E-state index contributed by atoms with van der Waals surface area (Å²) in [7, 11) is 0. The molecular formula is C24H24ClN5O3. The van der Waals surface area contributed by atoms with Crippen LogP contribution in [0.1, 0.15) is 21.7 Å². The molecule has 1 aliphatic heterocycles. The maximum absolute atomic E-state index is 12.8. The van der Waals surface area contributed by atoms with E-state index in [0.717, 1.165) is 12.0 Å². The van der Waals surface area contributed by atoms with E-state index >= 15 is 0 Å². The third-order valence-corrected chi connectivity index (χ3v) is 5.61. The van der Waals surface area contributed by atoms with Crippen molar-refractivity contribution in [2.24, 2.45) is 0 Å². The van der Waals surface area contributed by atoms with Gasteiger partial charge >= 0.3 is 0 Å². The van der Waals surface area contributed by atoms with E-state index in [2.05, 4.69) is 15.0 Å². The number of carbonyl (C=O) groups is 2. The first-order valence-electron chi connectivity index (χ1n) is 10.7. The molecule has 0 atom stereocenters. The van der Waals surface area contributed by atoms with E-state index in [4.69, 9.17) is 16.3 Å². The minimum Gasteiger partial charge on any atom is -0.492 e. The van der Waals surface area contributed by atoms with Gasteiger partial charge in [-0.15, -0.1) is 0 Å². The fourth-order valence-corrected chi connectivity index (χ4v) is 3.79. The number of amides is 2. The summed E-state index contributed by atoms with van der Waals surface area (Å²) in [6, 6.07) is 11.1. The van der Waals surface area contributed by atoms with Gasteiger partial charge in [-0.25, -0.2) is 4.98 Å². The van der Waals surface area contributed by atoms with Crippen LogP contribution in [0.25, 0.3) is 0 Å². The van der Waals surface area contributed by atoms with Crippen molar-refractivity contribution in [3.05, 3.63) is 83.2 Å². The lowest BCUT2D eigenvalue weighted by atomic mass is 10.2. The van der Waals surface area contributed by atoms with Crippen molar-refractivity contribution >= 4 is 23.4 Å². The van der Waals surface area contributed by atoms with Crippen molar-refractivity contribution in [2.75, 3.05) is 32.8 Å². The number of ether oxygens (including phenoxy) is 1. The Kier molecular flexibility index (Phi) is 7.47. The van der Waals surface area contributed by atoms with E-state index in [9.17, 15) is 9.59 Å². The Bertz CT molecular complexity index is 1090. The molecule has 1 aromatic carbocycles. The summed E-state index contributed by atoms with van der Waals surface area (Å²) >= 11 is 6.00. The molecule has 8 nitrogen and oxygen atoms in total. The topological polar surface area (TPSA) is 88.5 Å². The molecule has 9 heteroatoms. The maximum Gasteiger partial charge on any atom is 0.272 e. The number of piperazine rings is 1. The van der Waals surface area contributed by atoms with E-state index in [1.165, 1.54) is 0 Å². The largest absolute Gasteiger partial charge is 0.492 e. The number of nitrogens with zero attached hydrogens (tertiary/aromatic N) is 5. The number of halogens is 1. The fraction of sp³-hybridized carbons (Fsp3) is 0.292. The first kappa shape index (κ1) is 22.7. The Balaban J connectivity index is 1.23. The number of hydrogen-bond donors (Lipinski definition) is 0. The third-order valence-electron chi connectivity index (χ3n) is 5.37. The molecule has 3 aromatic rings. The second-order valence-corrected chi connectivity index (χ2v) is 8.09. The molecule has 2 aromatic heterocycles. The van der Waals surface area contributed by atoms with Crippen molar-refractivity contribution in [1.29, 1.82) is 0 Å². The highest BCUT2D eigenvalue weighted by Gasteiger charge is 2.25. The summed E-state index contributed by atoms with van der Waals surface area (Å²) in [5.74, 6) is 0.439. The van der Waals surface area contributed by atoms with E-state index in [0.29, 0.717) is 54.9 Å². The monoisotopic (exact) mass is 465 g/mol. The van der Waals surface area contributed by atoms with Gasteiger partial charge in [-0.05, 0) is 29.8 Å². The molecule has 33 heavy (non-hydrogen) atoms. The average Bonchev–Trinajstić information content (AvgIpc) is 2.85. The van der Waals surface area contributed by atoms with Gasteiger partial charge in [0.2, 0.25) is 5.91 Å². The highest BCUT2D eigenvalue weighted by atomic mass is 35.5. The smallest absolute Gasteiger partial charge is 0.272 e. The van der Waals surface area contributed by atoms with Gasteiger partial charge in [0.25, 0.3) is 5.91 Å². The van der Waals surface area contributed by atoms with Crippen molar-refractivity contribution in [1.82, 2.24) is 24.8 Å². The molecule has 0 spiro atoms. The Hall–Kier alpha value is -3.52. The van der Waals surface area contributed by atoms with Gasteiger partial charge in [0.15, 0.2) is 0 Å². The highest BCUT2D eigenvalue weighted by Crippen LogP contribution is 2.15. The van der Waals surface area contributed by atoms with Gasteiger partial charge < -0.3 is 14.5 Å². The van der Waals surface area contributed by atoms with Crippen LogP contribution in [0.2, 0.25) is 5.02 Å². The Labute approximate surface area is 197 Å². The van der Waals surface area contributed by atoms with E-state index < -0.39 is 0 Å². The van der Waals surface area contributed by atoms with Crippen molar-refractivity contribution in [3.63, 3.8) is 0 Å². The first-order valence-corrected chi connectivity index (χ1v) is 11.1. The Morgan fingerprint density at radius 1 is 0.970 bits per heavy atom. The molecule has 0 saturated carbocycles. The molecular weight excluding hydrogens is 442 g/mol. The van der Waals surface area contributed by atoms with Crippen LogP contribution in [-0.2, 0) is 17.6 Å². The number of aromatic nitrogens is 3. The lowest BCUT2D eigenvalue weighted by Crippen LogP contribution is -2.51.